The third kappa shape index (κ3) is 7.38. The molecular formula is C39H47N5O3. The summed E-state index contributed by atoms with van der Waals surface area (Å²) in [6.45, 7) is 20.7. The standard InChI is InChI=1S/C39H47N5O3/c1-9-12-17-40-39(33-23-35-37(21-27(33)6)46-25-30-24-43(38(45)10-2)18-19-44(30)35)41-29-13-16-36(28(7)20-29)47-31-14-15-34(42(8)11-3)32(22-31)26(4)5/h10-17,20-23,26,30H,2-3,9,18-19,24-25H2,1,4-8H3,(H,40,41)/b17-12+. The summed E-state index contributed by atoms with van der Waals surface area (Å²) in [5.41, 5.74) is 7.30. The van der Waals surface area contributed by atoms with Crippen LogP contribution < -0.4 is 24.6 Å². The largest absolute Gasteiger partial charge is 0.489 e. The molecule has 0 saturated carbocycles. The van der Waals surface area contributed by atoms with E-state index in [-0.39, 0.29) is 11.9 Å². The van der Waals surface area contributed by atoms with Crippen LogP contribution in [-0.4, -0.2) is 56.0 Å². The number of ether oxygens (including phenoxy) is 2. The number of hydrogen-bond donors (Lipinski definition) is 1. The number of nitrogens with one attached hydrogen (secondary N) is 1. The van der Waals surface area contributed by atoms with E-state index in [1.54, 1.807) is 0 Å². The molecule has 0 bridgehead atoms. The van der Waals surface area contributed by atoms with Crippen molar-refractivity contribution in [2.45, 2.75) is 53.0 Å². The second kappa shape index (κ2) is 14.6. The molecule has 3 aromatic rings. The molecule has 47 heavy (non-hydrogen) atoms. The number of carbonyl (C=O) groups excluding carboxylic acids is 1. The lowest BCUT2D eigenvalue weighted by Gasteiger charge is -2.45. The van der Waals surface area contributed by atoms with Crippen LogP contribution in [0.1, 0.15) is 55.4 Å². The first-order valence-corrected chi connectivity index (χ1v) is 16.4. The fourth-order valence-corrected chi connectivity index (χ4v) is 6.08. The van der Waals surface area contributed by atoms with Crippen molar-refractivity contribution >= 4 is 28.8 Å². The molecule has 2 heterocycles. The molecule has 5 rings (SSSR count). The number of amidine groups is 1. The van der Waals surface area contributed by atoms with E-state index in [0.717, 1.165) is 69.8 Å². The lowest BCUT2D eigenvalue weighted by Crippen LogP contribution is -2.58. The van der Waals surface area contributed by atoms with Gasteiger partial charge in [0.25, 0.3) is 0 Å². The minimum absolute atomic E-state index is 0.0392. The van der Waals surface area contributed by atoms with Crippen molar-refractivity contribution in [3.05, 3.63) is 108 Å². The number of rotatable bonds is 10. The zero-order chi connectivity index (χ0) is 33.7. The topological polar surface area (TPSA) is 69.6 Å². The van der Waals surface area contributed by atoms with Crippen molar-refractivity contribution in [1.82, 2.24) is 4.90 Å². The van der Waals surface area contributed by atoms with Crippen molar-refractivity contribution in [3.63, 3.8) is 0 Å². The van der Waals surface area contributed by atoms with E-state index < -0.39 is 0 Å². The van der Waals surface area contributed by atoms with Crippen LogP contribution in [0.4, 0.5) is 17.1 Å². The van der Waals surface area contributed by atoms with Crippen LogP contribution in [0, 0.1) is 13.8 Å². The van der Waals surface area contributed by atoms with Gasteiger partial charge in [-0.05, 0) is 104 Å². The number of benzene rings is 3. The lowest BCUT2D eigenvalue weighted by atomic mass is 10.00. The van der Waals surface area contributed by atoms with E-state index in [0.29, 0.717) is 25.6 Å². The molecule has 0 spiro atoms. The zero-order valence-corrected chi connectivity index (χ0v) is 28.5. The highest BCUT2D eigenvalue weighted by Crippen LogP contribution is 2.39. The van der Waals surface area contributed by atoms with Crippen molar-refractivity contribution in [3.8, 4) is 17.2 Å². The molecule has 8 heteroatoms. The Bertz CT molecular complexity index is 1710. The number of nitrogens with zero attached hydrogens (tertiary/aromatic N) is 4. The maximum absolute atomic E-state index is 12.3. The van der Waals surface area contributed by atoms with E-state index in [1.165, 1.54) is 11.6 Å². The molecule has 1 saturated heterocycles. The summed E-state index contributed by atoms with van der Waals surface area (Å²) in [5.74, 6) is 3.49. The lowest BCUT2D eigenvalue weighted by molar-refractivity contribution is -0.127. The Balaban J connectivity index is 1.41. The number of amides is 1. The Labute approximate surface area is 279 Å². The van der Waals surface area contributed by atoms with Gasteiger partial charge >= 0.3 is 0 Å². The summed E-state index contributed by atoms with van der Waals surface area (Å²) < 4.78 is 12.6. The average molecular weight is 634 g/mol. The van der Waals surface area contributed by atoms with Gasteiger partial charge in [-0.1, -0.05) is 40.0 Å². The van der Waals surface area contributed by atoms with Gasteiger partial charge < -0.3 is 29.5 Å². The number of allylic oxidation sites excluding steroid dienone is 1. The smallest absolute Gasteiger partial charge is 0.246 e. The molecule has 2 aliphatic rings. The zero-order valence-electron chi connectivity index (χ0n) is 28.5. The molecule has 246 valence electrons. The number of aryl methyl sites for hydroxylation is 2. The van der Waals surface area contributed by atoms with Crippen LogP contribution in [0.5, 0.6) is 17.2 Å². The van der Waals surface area contributed by atoms with Crippen molar-refractivity contribution < 1.29 is 14.3 Å². The number of hydrogen-bond acceptors (Lipinski definition) is 6. The molecule has 8 nitrogen and oxygen atoms in total. The number of piperazine rings is 1. The summed E-state index contributed by atoms with van der Waals surface area (Å²) in [6, 6.07) is 16.6. The Morgan fingerprint density at radius 1 is 1.13 bits per heavy atom. The Morgan fingerprint density at radius 3 is 2.64 bits per heavy atom. The molecule has 1 atom stereocenters. The van der Waals surface area contributed by atoms with Gasteiger partial charge in [-0.3, -0.25) is 4.79 Å². The van der Waals surface area contributed by atoms with E-state index in [1.807, 2.05) is 53.5 Å². The highest BCUT2D eigenvalue weighted by Gasteiger charge is 2.34. The molecule has 0 radical (unpaired) electrons. The first-order valence-electron chi connectivity index (χ1n) is 16.4. The first kappa shape index (κ1) is 33.4. The van der Waals surface area contributed by atoms with E-state index in [9.17, 15) is 4.79 Å². The fourth-order valence-electron chi connectivity index (χ4n) is 6.08. The van der Waals surface area contributed by atoms with Gasteiger partial charge in [-0.15, -0.1) is 0 Å². The first-order chi connectivity index (χ1) is 22.6. The number of carbonyl (C=O) groups is 1. The van der Waals surface area contributed by atoms with Crippen LogP contribution in [0.25, 0.3) is 0 Å². The summed E-state index contributed by atoms with van der Waals surface area (Å²) in [7, 11) is 2.01. The van der Waals surface area contributed by atoms with Gasteiger partial charge in [0, 0.05) is 49.8 Å². The average Bonchev–Trinajstić information content (AvgIpc) is 3.07. The Morgan fingerprint density at radius 2 is 1.94 bits per heavy atom. The minimum Gasteiger partial charge on any atom is -0.489 e. The fraction of sp³-hybridized carbons (Fsp3) is 0.333. The van der Waals surface area contributed by atoms with Gasteiger partial charge in [0.1, 0.15) is 29.7 Å². The quantitative estimate of drug-likeness (QED) is 0.138. The minimum atomic E-state index is -0.0392. The second-order valence-electron chi connectivity index (χ2n) is 12.4. The third-order valence-electron chi connectivity index (χ3n) is 8.76. The molecule has 1 fully saturated rings. The molecule has 3 aromatic carbocycles. The number of fused-ring (bicyclic) bond motifs is 3. The Hall–Kier alpha value is -4.98. The van der Waals surface area contributed by atoms with Crippen LogP contribution >= 0.6 is 0 Å². The van der Waals surface area contributed by atoms with E-state index in [4.69, 9.17) is 14.5 Å². The molecule has 1 N–H and O–H groups in total. The van der Waals surface area contributed by atoms with Crippen molar-refractivity contribution in [2.75, 3.05) is 48.4 Å². The summed E-state index contributed by atoms with van der Waals surface area (Å²) in [4.78, 5) is 23.4. The molecule has 0 aromatic heterocycles. The van der Waals surface area contributed by atoms with Crippen LogP contribution in [0.3, 0.4) is 0 Å². The van der Waals surface area contributed by atoms with Gasteiger partial charge in [0.15, 0.2) is 0 Å². The van der Waals surface area contributed by atoms with E-state index >= 15 is 0 Å². The van der Waals surface area contributed by atoms with Gasteiger partial charge in [0.2, 0.25) is 5.91 Å². The number of anilines is 3. The Kier molecular flexibility index (Phi) is 10.4. The van der Waals surface area contributed by atoms with Crippen LogP contribution in [0.15, 0.2) is 91.2 Å². The maximum atomic E-state index is 12.3. The SMILES string of the molecule is C=CC(=O)N1CCN2c3cc(C(=N/C=C/CC)Nc4ccc(Oc5ccc(N(C)C=C)c(C(C)C)c5)c(C)c4)c(C)cc3OCC2C1. The highest BCUT2D eigenvalue weighted by molar-refractivity contribution is 6.10. The third-order valence-corrected chi connectivity index (χ3v) is 8.76. The van der Waals surface area contributed by atoms with Gasteiger partial charge in [0.05, 0.1) is 11.7 Å². The van der Waals surface area contributed by atoms with E-state index in [2.05, 4.69) is 88.3 Å². The molecule has 2 aliphatic heterocycles. The van der Waals surface area contributed by atoms with Crippen molar-refractivity contribution in [2.24, 2.45) is 4.99 Å². The summed E-state index contributed by atoms with van der Waals surface area (Å²) in [5, 5.41) is 3.59. The van der Waals surface area contributed by atoms with Gasteiger partial charge in [-0.25, -0.2) is 4.99 Å². The van der Waals surface area contributed by atoms with Crippen molar-refractivity contribution in [1.29, 1.82) is 0 Å². The molecule has 0 aliphatic carbocycles. The van der Waals surface area contributed by atoms with Gasteiger partial charge in [-0.2, -0.15) is 0 Å². The number of aliphatic imine (C=N–C) groups is 1. The predicted molar refractivity (Wildman–Crippen MR) is 195 cm³/mol. The monoisotopic (exact) mass is 633 g/mol. The summed E-state index contributed by atoms with van der Waals surface area (Å²) in [6.07, 6.45) is 7.98. The maximum Gasteiger partial charge on any atom is 0.246 e. The molecular weight excluding hydrogens is 586 g/mol. The van der Waals surface area contributed by atoms with Crippen LogP contribution in [-0.2, 0) is 4.79 Å². The second-order valence-corrected chi connectivity index (χ2v) is 12.4. The normalized spacial score (nSPS) is 16.0. The molecule has 1 amide bonds. The summed E-state index contributed by atoms with van der Waals surface area (Å²) >= 11 is 0. The highest BCUT2D eigenvalue weighted by atomic mass is 16.5. The van der Waals surface area contributed by atoms with Crippen LogP contribution in [0.2, 0.25) is 0 Å². The predicted octanol–water partition coefficient (Wildman–Crippen LogP) is 8.18. The molecule has 1 unspecified atom stereocenters.